The summed E-state index contributed by atoms with van der Waals surface area (Å²) in [6.45, 7) is 12.1. The van der Waals surface area contributed by atoms with Gasteiger partial charge in [0.05, 0.1) is 0 Å². The van der Waals surface area contributed by atoms with E-state index in [1.807, 2.05) is 0 Å². The predicted octanol–water partition coefficient (Wildman–Crippen LogP) is -4.50. The van der Waals surface area contributed by atoms with Crippen LogP contribution < -0.4 is 37.2 Å². The third kappa shape index (κ3) is 9.41. The van der Waals surface area contributed by atoms with Gasteiger partial charge in [0.2, 0.25) is 0 Å². The molecule has 105 valence electrons. The van der Waals surface area contributed by atoms with Crippen LogP contribution in [0.15, 0.2) is 22.1 Å². The number of hydrogen-bond donors (Lipinski definition) is 0. The zero-order valence-corrected chi connectivity index (χ0v) is 16.5. The molecule has 0 amide bonds. The van der Waals surface area contributed by atoms with Gasteiger partial charge in [-0.15, -0.1) is 0 Å². The Hall–Kier alpha value is 1.49. The van der Waals surface area contributed by atoms with Crippen LogP contribution in [0.1, 0.15) is 27.2 Å². The van der Waals surface area contributed by atoms with Crippen LogP contribution in [0.4, 0.5) is 0 Å². The van der Waals surface area contributed by atoms with Gasteiger partial charge in [0.25, 0.3) is 0 Å². The molecule has 0 nitrogen and oxygen atoms in total. The van der Waals surface area contributed by atoms with Crippen LogP contribution in [0.2, 0.25) is 4.22 Å². The van der Waals surface area contributed by atoms with Crippen LogP contribution in [-0.2, 0) is 19.2 Å². The van der Waals surface area contributed by atoms with Crippen molar-refractivity contribution in [2.24, 2.45) is 5.41 Å². The molecule has 0 fully saturated rings. The minimum absolute atomic E-state index is 0. The molecule has 1 aliphatic rings. The Morgan fingerprint density at radius 2 is 1.78 bits per heavy atom. The zero-order valence-electron chi connectivity index (χ0n) is 11.8. The maximum atomic E-state index is 2.42. The summed E-state index contributed by atoms with van der Waals surface area (Å²) in [4.78, 5) is 0. The molecule has 0 N–H and O–H groups in total. The normalized spacial score (nSPS) is 14.9. The molecule has 1 rings (SSSR count). The van der Waals surface area contributed by atoms with Crippen LogP contribution in [0, 0.1) is 5.41 Å². The van der Waals surface area contributed by atoms with E-state index in [9.17, 15) is 0 Å². The van der Waals surface area contributed by atoms with Crippen LogP contribution >= 0.6 is 7.92 Å². The summed E-state index contributed by atoms with van der Waals surface area (Å²) in [5, 5.41) is 0. The van der Waals surface area contributed by atoms with E-state index in [-0.39, 0.29) is 64.3 Å². The van der Waals surface area contributed by atoms with Crippen LogP contribution in [0.3, 0.4) is 0 Å². The van der Waals surface area contributed by atoms with Gasteiger partial charge in [0.1, 0.15) is 0 Å². The molecule has 0 radical (unpaired) electrons. The van der Waals surface area contributed by atoms with Crippen LogP contribution in [-0.4, -0.2) is 19.5 Å². The second-order valence-electron chi connectivity index (χ2n) is 5.65. The van der Waals surface area contributed by atoms with Crippen molar-refractivity contribution in [3.05, 3.63) is 22.1 Å². The maximum Gasteiger partial charge on any atom is -1.00 e. The van der Waals surface area contributed by atoms with Crippen molar-refractivity contribution < 1.29 is 56.4 Å². The summed E-state index contributed by atoms with van der Waals surface area (Å²) >= 11 is 0.103. The molecule has 0 saturated heterocycles. The summed E-state index contributed by atoms with van der Waals surface area (Å²) in [5.74, 6) is 0. The first kappa shape index (κ1) is 24.5. The second-order valence-corrected chi connectivity index (χ2v) is 10.7. The van der Waals surface area contributed by atoms with Crippen molar-refractivity contribution in [2.45, 2.75) is 31.4 Å². The second kappa shape index (κ2) is 11.2. The Labute approximate surface area is 142 Å². The zero-order chi connectivity index (χ0) is 11.5. The molecule has 1 atom stereocenters. The molecule has 0 bridgehead atoms. The van der Waals surface area contributed by atoms with Crippen molar-refractivity contribution in [1.82, 2.24) is 0 Å². The fourth-order valence-electron chi connectivity index (χ4n) is 1.68. The third-order valence-electron chi connectivity index (χ3n) is 2.72. The van der Waals surface area contributed by atoms with E-state index in [0.29, 0.717) is 5.41 Å². The Morgan fingerprint density at radius 1 is 1.22 bits per heavy atom. The molecule has 0 aromatic rings. The Morgan fingerprint density at radius 3 is 2.11 bits per heavy atom. The average Bonchev–Trinajstić information content (AvgIpc) is 2.53. The molecule has 0 spiro atoms. The molecule has 1 unspecified atom stereocenters. The molecule has 0 heterocycles. The standard InChI is InChI=1S/C8H18P.C5H5.3ClH.Ti/c1-8(2,3)6-7-9(4)5;1-2-4-5-3-1;;;;/h6H,7H2,1-5H3;1-3H,4H2;3*1H;/q;;;;;+3/p-3. The number of hydrogen-bond acceptors (Lipinski definition) is 0. The smallest absolute Gasteiger partial charge is 1.00 e. The van der Waals surface area contributed by atoms with Gasteiger partial charge < -0.3 is 37.2 Å². The molecule has 18 heavy (non-hydrogen) atoms. The molecular formula is C13H23Cl3PTi. The number of halogens is 3. The summed E-state index contributed by atoms with van der Waals surface area (Å²) in [6.07, 6.45) is 9.62. The molecule has 0 aliphatic heterocycles. The van der Waals surface area contributed by atoms with E-state index in [1.54, 1.807) is 3.88 Å². The van der Waals surface area contributed by atoms with E-state index in [0.717, 1.165) is 4.22 Å². The van der Waals surface area contributed by atoms with Gasteiger partial charge in [-0.1, -0.05) is 0 Å². The van der Waals surface area contributed by atoms with E-state index >= 15 is 0 Å². The summed E-state index contributed by atoms with van der Waals surface area (Å²) in [7, 11) is 0.259. The van der Waals surface area contributed by atoms with Gasteiger partial charge in [0, 0.05) is 0 Å². The van der Waals surface area contributed by atoms with Gasteiger partial charge in [-0.25, -0.2) is 0 Å². The minimum Gasteiger partial charge on any atom is -1.00 e. The third-order valence-corrected chi connectivity index (χ3v) is 7.73. The minimum atomic E-state index is 0. The van der Waals surface area contributed by atoms with Crippen molar-refractivity contribution in [2.75, 3.05) is 19.5 Å². The maximum absolute atomic E-state index is 2.42. The first-order chi connectivity index (χ1) is 6.89. The Bertz CT molecular complexity index is 270. The molecule has 0 aromatic heterocycles. The summed E-state index contributed by atoms with van der Waals surface area (Å²) < 4.78 is 2.73. The van der Waals surface area contributed by atoms with Crippen molar-refractivity contribution in [1.29, 1.82) is 0 Å². The van der Waals surface area contributed by atoms with Gasteiger partial charge in [-0.2, -0.15) is 0 Å². The topological polar surface area (TPSA) is 0 Å². The molecule has 5 heteroatoms. The van der Waals surface area contributed by atoms with Crippen molar-refractivity contribution in [3.63, 3.8) is 0 Å². The fraction of sp³-hybridized carbons (Fsp3) is 0.692. The quantitative estimate of drug-likeness (QED) is 0.349. The van der Waals surface area contributed by atoms with Crippen LogP contribution in [0.5, 0.6) is 0 Å². The average molecular weight is 365 g/mol. The van der Waals surface area contributed by atoms with Crippen LogP contribution in [0.25, 0.3) is 0 Å². The van der Waals surface area contributed by atoms with E-state index in [4.69, 9.17) is 0 Å². The van der Waals surface area contributed by atoms with Gasteiger partial charge in [-0.3, -0.25) is 0 Å². The monoisotopic (exact) mass is 363 g/mol. The van der Waals surface area contributed by atoms with Gasteiger partial charge >= 0.3 is 106 Å². The van der Waals surface area contributed by atoms with E-state index in [2.05, 4.69) is 52.3 Å². The summed E-state index contributed by atoms with van der Waals surface area (Å²) in [6, 6.07) is 0. The SMILES string of the molecule is CP(C)C[CH]([Ti+3][C]1=CC=CC1)C(C)(C)C.[Cl-].[Cl-].[Cl-]. The Balaban J connectivity index is -0.000000750. The number of rotatable bonds is 4. The summed E-state index contributed by atoms with van der Waals surface area (Å²) in [5.41, 5.74) is 0.510. The number of allylic oxidation sites excluding steroid dienone is 4. The van der Waals surface area contributed by atoms with Crippen molar-refractivity contribution in [3.8, 4) is 0 Å². The van der Waals surface area contributed by atoms with Crippen molar-refractivity contribution >= 4 is 7.92 Å². The molecule has 0 saturated carbocycles. The molecular weight excluding hydrogens is 341 g/mol. The fourth-order valence-corrected chi connectivity index (χ4v) is 7.23. The predicted molar refractivity (Wildman–Crippen MR) is 68.7 cm³/mol. The largest absolute Gasteiger partial charge is 1.00 e. The first-order valence-electron chi connectivity index (χ1n) is 5.66. The first-order valence-corrected chi connectivity index (χ1v) is 9.77. The Kier molecular flexibility index (Phi) is 15.2. The van der Waals surface area contributed by atoms with Gasteiger partial charge in [-0.05, 0) is 0 Å². The molecule has 1 aliphatic carbocycles. The molecule has 0 aromatic carbocycles. The van der Waals surface area contributed by atoms with E-state index in [1.165, 1.54) is 12.6 Å². The van der Waals surface area contributed by atoms with Gasteiger partial charge in [0.15, 0.2) is 0 Å². The van der Waals surface area contributed by atoms with E-state index < -0.39 is 0 Å².